The molecule has 0 saturated heterocycles. The predicted octanol–water partition coefficient (Wildman–Crippen LogP) is 2.84. The van der Waals surface area contributed by atoms with E-state index in [4.69, 9.17) is 0 Å². The molecule has 0 aromatic carbocycles. The standard InChI is InChI=1S/C9H6F4INO3/c1-17-8(16)6-4(3-10)2-5(7(14)15-6)18-9(11,12)13/h2H,3H2,1H3. The van der Waals surface area contributed by atoms with Crippen molar-refractivity contribution in [1.29, 1.82) is 0 Å². The largest absolute Gasteiger partial charge is 0.573 e. The van der Waals surface area contributed by atoms with Gasteiger partial charge in [-0.05, 0) is 28.7 Å². The predicted molar refractivity (Wildman–Crippen MR) is 59.8 cm³/mol. The van der Waals surface area contributed by atoms with Crippen LogP contribution in [0.25, 0.3) is 0 Å². The first kappa shape index (κ1) is 14.9. The van der Waals surface area contributed by atoms with Gasteiger partial charge < -0.3 is 9.47 Å². The Hall–Kier alpha value is -1.13. The van der Waals surface area contributed by atoms with Crippen LogP contribution in [0.15, 0.2) is 6.07 Å². The minimum absolute atomic E-state index is 0.220. The van der Waals surface area contributed by atoms with Crippen molar-refractivity contribution in [1.82, 2.24) is 4.98 Å². The number of aromatic nitrogens is 1. The Bertz CT molecular complexity index is 464. The molecule has 1 rings (SSSR count). The van der Waals surface area contributed by atoms with Gasteiger partial charge in [-0.3, -0.25) is 0 Å². The first-order chi connectivity index (χ1) is 8.28. The second-order valence-electron chi connectivity index (χ2n) is 2.96. The summed E-state index contributed by atoms with van der Waals surface area (Å²) in [6.07, 6.45) is -4.91. The fraction of sp³-hybridized carbons (Fsp3) is 0.333. The summed E-state index contributed by atoms with van der Waals surface area (Å²) >= 11 is 1.44. The van der Waals surface area contributed by atoms with Crippen LogP contribution in [0.3, 0.4) is 0 Å². The van der Waals surface area contributed by atoms with Crippen LogP contribution >= 0.6 is 22.6 Å². The summed E-state index contributed by atoms with van der Waals surface area (Å²) in [6.45, 7) is -1.16. The van der Waals surface area contributed by atoms with E-state index in [-0.39, 0.29) is 15.0 Å². The van der Waals surface area contributed by atoms with E-state index in [0.717, 1.165) is 13.2 Å². The zero-order valence-corrected chi connectivity index (χ0v) is 11.0. The molecule has 0 bridgehead atoms. The minimum Gasteiger partial charge on any atom is -0.464 e. The number of hydrogen-bond donors (Lipinski definition) is 0. The van der Waals surface area contributed by atoms with Crippen LogP contribution in [-0.2, 0) is 11.4 Å². The molecule has 0 atom stereocenters. The summed E-state index contributed by atoms with van der Waals surface area (Å²) in [6, 6.07) is 0.772. The van der Waals surface area contributed by atoms with Crippen molar-refractivity contribution in [2.45, 2.75) is 13.0 Å². The van der Waals surface area contributed by atoms with Crippen LogP contribution in [0.4, 0.5) is 17.6 Å². The number of alkyl halides is 4. The van der Waals surface area contributed by atoms with Gasteiger partial charge in [-0.2, -0.15) is 0 Å². The zero-order chi connectivity index (χ0) is 13.9. The number of hydrogen-bond acceptors (Lipinski definition) is 4. The molecule has 0 fully saturated rings. The maximum Gasteiger partial charge on any atom is 0.573 e. The summed E-state index contributed by atoms with van der Waals surface area (Å²) in [7, 11) is 1.05. The van der Waals surface area contributed by atoms with Gasteiger partial charge in [0.15, 0.2) is 11.4 Å². The highest BCUT2D eigenvalue weighted by Gasteiger charge is 2.33. The first-order valence-electron chi connectivity index (χ1n) is 4.38. The molecule has 0 unspecified atom stereocenters. The first-order valence-corrected chi connectivity index (χ1v) is 5.45. The molecule has 0 amide bonds. The number of esters is 1. The number of methoxy groups -OCH3 is 1. The summed E-state index contributed by atoms with van der Waals surface area (Å²) in [5.74, 6) is -1.59. The van der Waals surface area contributed by atoms with Gasteiger partial charge in [-0.25, -0.2) is 14.2 Å². The maximum absolute atomic E-state index is 12.6. The summed E-state index contributed by atoms with van der Waals surface area (Å²) in [5, 5.41) is 0. The van der Waals surface area contributed by atoms with Crippen molar-refractivity contribution in [2.24, 2.45) is 0 Å². The molecule has 0 saturated carbocycles. The Kier molecular flexibility index (Phi) is 4.71. The number of carbonyl (C=O) groups is 1. The molecule has 0 aliphatic rings. The van der Waals surface area contributed by atoms with Crippen molar-refractivity contribution in [3.63, 3.8) is 0 Å². The number of carbonyl (C=O) groups excluding carboxylic acids is 1. The van der Waals surface area contributed by atoms with Crippen LogP contribution in [0, 0.1) is 3.70 Å². The molecule has 18 heavy (non-hydrogen) atoms. The van der Waals surface area contributed by atoms with Crippen molar-refractivity contribution in [3.8, 4) is 5.75 Å². The summed E-state index contributed by atoms with van der Waals surface area (Å²) in [5.41, 5.74) is -0.708. The molecule has 0 aliphatic heterocycles. The van der Waals surface area contributed by atoms with Gasteiger partial charge in [0.2, 0.25) is 0 Å². The van der Waals surface area contributed by atoms with E-state index < -0.39 is 24.8 Å². The molecule has 0 spiro atoms. The molecule has 100 valence electrons. The van der Waals surface area contributed by atoms with Crippen LogP contribution in [-0.4, -0.2) is 24.4 Å². The molecule has 9 heteroatoms. The lowest BCUT2D eigenvalue weighted by Gasteiger charge is -2.12. The molecule has 0 N–H and O–H groups in total. The number of ether oxygens (including phenoxy) is 2. The Labute approximate surface area is 112 Å². The van der Waals surface area contributed by atoms with Gasteiger partial charge in [0.05, 0.1) is 7.11 Å². The Morgan fingerprint density at radius 1 is 1.50 bits per heavy atom. The number of nitrogens with zero attached hydrogens (tertiary/aromatic N) is 1. The highest BCUT2D eigenvalue weighted by molar-refractivity contribution is 14.1. The smallest absolute Gasteiger partial charge is 0.464 e. The van der Waals surface area contributed by atoms with E-state index in [1.807, 2.05) is 0 Å². The zero-order valence-electron chi connectivity index (χ0n) is 8.85. The fourth-order valence-corrected chi connectivity index (χ4v) is 1.59. The lowest BCUT2D eigenvalue weighted by Crippen LogP contribution is -2.19. The van der Waals surface area contributed by atoms with E-state index in [2.05, 4.69) is 14.5 Å². The normalized spacial score (nSPS) is 11.2. The van der Waals surface area contributed by atoms with Crippen LogP contribution in [0.1, 0.15) is 16.1 Å². The third kappa shape index (κ3) is 3.68. The van der Waals surface area contributed by atoms with Gasteiger partial charge in [-0.1, -0.05) is 0 Å². The molecule has 1 heterocycles. The van der Waals surface area contributed by atoms with Gasteiger partial charge in [0.1, 0.15) is 10.4 Å². The van der Waals surface area contributed by atoms with E-state index in [0.29, 0.717) is 0 Å². The van der Waals surface area contributed by atoms with E-state index in [1.165, 1.54) is 22.6 Å². The Balaban J connectivity index is 3.22. The van der Waals surface area contributed by atoms with Gasteiger partial charge in [-0.15, -0.1) is 13.2 Å². The number of rotatable bonds is 3. The quantitative estimate of drug-likeness (QED) is 0.351. The van der Waals surface area contributed by atoms with Crippen molar-refractivity contribution in [3.05, 3.63) is 21.0 Å². The van der Waals surface area contributed by atoms with Crippen LogP contribution < -0.4 is 4.74 Å². The molecule has 1 aromatic rings. The van der Waals surface area contributed by atoms with Crippen molar-refractivity contribution >= 4 is 28.6 Å². The Morgan fingerprint density at radius 3 is 2.56 bits per heavy atom. The maximum atomic E-state index is 12.6. The van der Waals surface area contributed by atoms with Gasteiger partial charge >= 0.3 is 12.3 Å². The molecule has 1 aromatic heterocycles. The highest BCUT2D eigenvalue weighted by atomic mass is 127. The van der Waals surface area contributed by atoms with E-state index in [1.54, 1.807) is 0 Å². The average Bonchev–Trinajstić information content (AvgIpc) is 2.28. The summed E-state index contributed by atoms with van der Waals surface area (Å²) < 4.78 is 56.5. The fourth-order valence-electron chi connectivity index (χ4n) is 1.08. The molecule has 0 aliphatic carbocycles. The van der Waals surface area contributed by atoms with Crippen molar-refractivity contribution in [2.75, 3.05) is 7.11 Å². The monoisotopic (exact) mass is 379 g/mol. The lowest BCUT2D eigenvalue weighted by molar-refractivity contribution is -0.275. The van der Waals surface area contributed by atoms with Crippen LogP contribution in [0.5, 0.6) is 5.75 Å². The topological polar surface area (TPSA) is 48.4 Å². The highest BCUT2D eigenvalue weighted by Crippen LogP contribution is 2.29. The van der Waals surface area contributed by atoms with Crippen molar-refractivity contribution < 1.29 is 31.8 Å². The minimum atomic E-state index is -4.91. The lowest BCUT2D eigenvalue weighted by atomic mass is 10.2. The second-order valence-corrected chi connectivity index (χ2v) is 3.98. The SMILES string of the molecule is COC(=O)c1nc(I)c(OC(F)(F)F)cc1CF. The number of pyridine rings is 1. The second kappa shape index (κ2) is 5.67. The average molecular weight is 379 g/mol. The molecule has 4 nitrogen and oxygen atoms in total. The molecule has 0 radical (unpaired) electrons. The third-order valence-corrected chi connectivity index (χ3v) is 2.54. The Morgan fingerprint density at radius 2 is 2.11 bits per heavy atom. The third-order valence-electron chi connectivity index (χ3n) is 1.77. The molecular formula is C9H6F4INO3. The summed E-state index contributed by atoms with van der Waals surface area (Å²) in [4.78, 5) is 14.8. The van der Waals surface area contributed by atoms with E-state index in [9.17, 15) is 22.4 Å². The van der Waals surface area contributed by atoms with Gasteiger partial charge in [0, 0.05) is 5.56 Å². The number of halogens is 5. The van der Waals surface area contributed by atoms with Gasteiger partial charge in [0.25, 0.3) is 0 Å². The van der Waals surface area contributed by atoms with E-state index >= 15 is 0 Å². The molecular weight excluding hydrogens is 373 g/mol. The van der Waals surface area contributed by atoms with Crippen LogP contribution in [0.2, 0.25) is 0 Å².